The largest absolute Gasteiger partial charge is 0.481 e. The summed E-state index contributed by atoms with van der Waals surface area (Å²) in [6, 6.07) is 5.91. The molecule has 1 amide bonds. The third kappa shape index (κ3) is 4.46. The zero-order valence-electron chi connectivity index (χ0n) is 13.1. The molecule has 1 aliphatic rings. The Morgan fingerprint density at radius 3 is 2.86 bits per heavy atom. The van der Waals surface area contributed by atoms with Crippen LogP contribution < -0.4 is 10.1 Å². The molecule has 116 valence electrons. The fraction of sp³-hybridized carbons (Fsp3) is 0.588. The average Bonchev–Trinajstić information content (AvgIpc) is 2.99. The third-order valence-electron chi connectivity index (χ3n) is 3.95. The molecule has 2 atom stereocenters. The molecule has 4 heteroatoms. The van der Waals surface area contributed by atoms with E-state index in [4.69, 9.17) is 9.47 Å². The van der Waals surface area contributed by atoms with Gasteiger partial charge in [-0.05, 0) is 56.4 Å². The van der Waals surface area contributed by atoms with Crippen molar-refractivity contribution in [3.8, 4) is 5.75 Å². The Labute approximate surface area is 126 Å². The second-order valence-electron chi connectivity index (χ2n) is 5.64. The van der Waals surface area contributed by atoms with Gasteiger partial charge in [0.05, 0.1) is 6.10 Å². The monoisotopic (exact) mass is 291 g/mol. The van der Waals surface area contributed by atoms with Gasteiger partial charge in [0.25, 0.3) is 5.91 Å². The predicted molar refractivity (Wildman–Crippen MR) is 82.6 cm³/mol. The minimum atomic E-state index is -0.450. The maximum absolute atomic E-state index is 12.2. The Balaban J connectivity index is 1.88. The summed E-state index contributed by atoms with van der Waals surface area (Å²) in [4.78, 5) is 12.2. The van der Waals surface area contributed by atoms with Crippen molar-refractivity contribution in [3.05, 3.63) is 29.3 Å². The lowest BCUT2D eigenvalue weighted by atomic mass is 10.1. The van der Waals surface area contributed by atoms with Crippen LogP contribution in [-0.2, 0) is 9.53 Å². The fourth-order valence-electron chi connectivity index (χ4n) is 2.41. The maximum atomic E-state index is 12.2. The second kappa shape index (κ2) is 7.46. The van der Waals surface area contributed by atoms with Crippen LogP contribution in [0.4, 0.5) is 0 Å². The Hall–Kier alpha value is -1.55. The molecule has 0 aromatic heterocycles. The van der Waals surface area contributed by atoms with E-state index in [-0.39, 0.29) is 12.0 Å². The van der Waals surface area contributed by atoms with Gasteiger partial charge in [-0.2, -0.15) is 0 Å². The second-order valence-corrected chi connectivity index (χ2v) is 5.64. The van der Waals surface area contributed by atoms with Crippen LogP contribution in [0.1, 0.15) is 37.3 Å². The summed E-state index contributed by atoms with van der Waals surface area (Å²) in [5, 5.41) is 2.93. The smallest absolute Gasteiger partial charge is 0.261 e. The zero-order chi connectivity index (χ0) is 15.2. The zero-order valence-corrected chi connectivity index (χ0v) is 13.1. The van der Waals surface area contributed by atoms with Crippen molar-refractivity contribution >= 4 is 5.91 Å². The summed E-state index contributed by atoms with van der Waals surface area (Å²) in [7, 11) is 0. The van der Waals surface area contributed by atoms with E-state index in [0.29, 0.717) is 13.0 Å². The number of nitrogens with one attached hydrogen (secondary N) is 1. The van der Waals surface area contributed by atoms with E-state index in [9.17, 15) is 4.79 Å². The molecule has 1 heterocycles. The summed E-state index contributed by atoms with van der Waals surface area (Å²) in [6.45, 7) is 7.44. The molecular formula is C17H25NO3. The summed E-state index contributed by atoms with van der Waals surface area (Å²) >= 11 is 0. The molecule has 1 fully saturated rings. The van der Waals surface area contributed by atoms with E-state index in [2.05, 4.69) is 12.2 Å². The molecule has 1 saturated heterocycles. The molecule has 21 heavy (non-hydrogen) atoms. The van der Waals surface area contributed by atoms with Gasteiger partial charge in [-0.3, -0.25) is 4.79 Å². The molecule has 0 aliphatic carbocycles. The first kappa shape index (κ1) is 15.8. The van der Waals surface area contributed by atoms with Crippen molar-refractivity contribution in [1.29, 1.82) is 0 Å². The highest BCUT2D eigenvalue weighted by Crippen LogP contribution is 2.18. The number of benzene rings is 1. The number of hydrogen-bond donors (Lipinski definition) is 1. The van der Waals surface area contributed by atoms with Crippen LogP contribution in [0, 0.1) is 13.8 Å². The highest BCUT2D eigenvalue weighted by atomic mass is 16.5. The molecule has 1 aromatic rings. The molecule has 0 bridgehead atoms. The molecule has 0 radical (unpaired) electrons. The van der Waals surface area contributed by atoms with E-state index in [1.807, 2.05) is 32.0 Å². The minimum Gasteiger partial charge on any atom is -0.481 e. The van der Waals surface area contributed by atoms with Crippen molar-refractivity contribution in [2.24, 2.45) is 0 Å². The maximum Gasteiger partial charge on any atom is 0.261 e. The van der Waals surface area contributed by atoms with Crippen molar-refractivity contribution in [3.63, 3.8) is 0 Å². The number of amides is 1. The van der Waals surface area contributed by atoms with Gasteiger partial charge in [-0.25, -0.2) is 0 Å². The standard InChI is InChI=1S/C17H25NO3/c1-4-16(17(19)18-11-15-6-5-9-20-15)21-14-8-7-12(2)13(3)10-14/h7-8,10,15-16H,4-6,9,11H2,1-3H3,(H,18,19). The Morgan fingerprint density at radius 2 is 2.24 bits per heavy atom. The highest BCUT2D eigenvalue weighted by molar-refractivity contribution is 5.81. The SMILES string of the molecule is CCC(Oc1ccc(C)c(C)c1)C(=O)NCC1CCCO1. The van der Waals surface area contributed by atoms with Gasteiger partial charge in [-0.1, -0.05) is 13.0 Å². The Kier molecular flexibility index (Phi) is 5.62. The number of hydrogen-bond acceptors (Lipinski definition) is 3. The summed E-state index contributed by atoms with van der Waals surface area (Å²) in [5.41, 5.74) is 2.39. The highest BCUT2D eigenvalue weighted by Gasteiger charge is 2.21. The first-order valence-corrected chi connectivity index (χ1v) is 7.73. The average molecular weight is 291 g/mol. The number of aryl methyl sites for hydroxylation is 2. The Morgan fingerprint density at radius 1 is 1.43 bits per heavy atom. The van der Waals surface area contributed by atoms with Crippen LogP contribution in [0.3, 0.4) is 0 Å². The molecule has 0 saturated carbocycles. The third-order valence-corrected chi connectivity index (χ3v) is 3.95. The van der Waals surface area contributed by atoms with Crippen molar-refractivity contribution in [2.45, 2.75) is 52.2 Å². The predicted octanol–water partition coefficient (Wildman–Crippen LogP) is 2.76. The van der Waals surface area contributed by atoms with Crippen molar-refractivity contribution < 1.29 is 14.3 Å². The lowest BCUT2D eigenvalue weighted by molar-refractivity contribution is -0.128. The molecule has 4 nitrogen and oxygen atoms in total. The van der Waals surface area contributed by atoms with E-state index < -0.39 is 6.10 Å². The number of carbonyl (C=O) groups is 1. The van der Waals surface area contributed by atoms with E-state index >= 15 is 0 Å². The van der Waals surface area contributed by atoms with Gasteiger partial charge < -0.3 is 14.8 Å². The lowest BCUT2D eigenvalue weighted by Crippen LogP contribution is -2.41. The van der Waals surface area contributed by atoms with Crippen molar-refractivity contribution in [2.75, 3.05) is 13.2 Å². The Bertz CT molecular complexity index is 481. The number of rotatable bonds is 6. The van der Waals surface area contributed by atoms with Gasteiger partial charge in [0.15, 0.2) is 6.10 Å². The quantitative estimate of drug-likeness (QED) is 0.876. The van der Waals surface area contributed by atoms with Crippen molar-refractivity contribution in [1.82, 2.24) is 5.32 Å². The van der Waals surface area contributed by atoms with Gasteiger partial charge in [0.1, 0.15) is 5.75 Å². The van der Waals surface area contributed by atoms with E-state index in [1.54, 1.807) is 0 Å². The van der Waals surface area contributed by atoms with Gasteiger partial charge in [0, 0.05) is 13.2 Å². The molecular weight excluding hydrogens is 266 g/mol. The number of carbonyl (C=O) groups excluding carboxylic acids is 1. The summed E-state index contributed by atoms with van der Waals surface area (Å²) in [5.74, 6) is 0.684. The molecule has 1 N–H and O–H groups in total. The summed E-state index contributed by atoms with van der Waals surface area (Å²) in [6.07, 6.45) is 2.46. The fourth-order valence-corrected chi connectivity index (χ4v) is 2.41. The van der Waals surface area contributed by atoms with Gasteiger partial charge in [0.2, 0.25) is 0 Å². The lowest BCUT2D eigenvalue weighted by Gasteiger charge is -2.19. The van der Waals surface area contributed by atoms with Gasteiger partial charge in [-0.15, -0.1) is 0 Å². The van der Waals surface area contributed by atoms with Crippen LogP contribution in [0.15, 0.2) is 18.2 Å². The van der Waals surface area contributed by atoms with Crippen LogP contribution in [0.25, 0.3) is 0 Å². The minimum absolute atomic E-state index is 0.0637. The molecule has 0 spiro atoms. The topological polar surface area (TPSA) is 47.6 Å². The van der Waals surface area contributed by atoms with Crippen LogP contribution in [-0.4, -0.2) is 31.3 Å². The molecule has 1 aromatic carbocycles. The van der Waals surface area contributed by atoms with Crippen LogP contribution in [0.2, 0.25) is 0 Å². The van der Waals surface area contributed by atoms with E-state index in [1.165, 1.54) is 11.1 Å². The summed E-state index contributed by atoms with van der Waals surface area (Å²) < 4.78 is 11.3. The first-order chi connectivity index (χ1) is 10.1. The van der Waals surface area contributed by atoms with Crippen LogP contribution >= 0.6 is 0 Å². The van der Waals surface area contributed by atoms with Crippen LogP contribution in [0.5, 0.6) is 5.75 Å². The van der Waals surface area contributed by atoms with E-state index in [0.717, 1.165) is 25.2 Å². The molecule has 1 aliphatic heterocycles. The normalized spacial score (nSPS) is 19.3. The molecule has 2 rings (SSSR count). The van der Waals surface area contributed by atoms with Gasteiger partial charge >= 0.3 is 0 Å². The molecule has 2 unspecified atom stereocenters. The number of ether oxygens (including phenoxy) is 2. The first-order valence-electron chi connectivity index (χ1n) is 7.73.